The number of para-hydroxylation sites is 1. The topological polar surface area (TPSA) is 111 Å². The Labute approximate surface area is 199 Å². The summed E-state index contributed by atoms with van der Waals surface area (Å²) >= 11 is 6.43. The molecule has 2 aliphatic heterocycles. The number of ether oxygens (including phenoxy) is 1. The molecular formula is C26H19ClN4O3. The smallest absolute Gasteiger partial charge is 0.266 e. The lowest BCUT2D eigenvalue weighted by Crippen LogP contribution is -2.45. The van der Waals surface area contributed by atoms with E-state index in [2.05, 4.69) is 6.07 Å². The number of carbonyl (C=O) groups excluding carboxylic acids is 1. The van der Waals surface area contributed by atoms with Crippen molar-refractivity contribution in [1.82, 2.24) is 9.55 Å². The first-order chi connectivity index (χ1) is 16.2. The van der Waals surface area contributed by atoms with E-state index in [4.69, 9.17) is 27.1 Å². The molecular weight excluding hydrogens is 452 g/mol. The molecule has 0 fully saturated rings. The number of nitrogens with zero attached hydrogens (tertiary/aromatic N) is 3. The van der Waals surface area contributed by atoms with Crippen molar-refractivity contribution in [3.05, 3.63) is 92.0 Å². The summed E-state index contributed by atoms with van der Waals surface area (Å²) in [7, 11) is 0. The maximum absolute atomic E-state index is 13.8. The molecule has 0 saturated carbocycles. The van der Waals surface area contributed by atoms with Crippen LogP contribution in [0, 0.1) is 16.7 Å². The molecule has 0 bridgehead atoms. The lowest BCUT2D eigenvalue weighted by atomic mass is 9.62. The summed E-state index contributed by atoms with van der Waals surface area (Å²) in [5.74, 6) is 0.373. The second-order valence-corrected chi connectivity index (χ2v) is 10.1. The molecule has 168 valence electrons. The number of allylic oxidation sites excluding steroid dienone is 3. The third-order valence-corrected chi connectivity index (χ3v) is 7.13. The molecule has 0 amide bonds. The Morgan fingerprint density at radius 1 is 1.18 bits per heavy atom. The van der Waals surface area contributed by atoms with Gasteiger partial charge in [0.2, 0.25) is 5.88 Å². The standard InChI is InChI=1S/C26H19ClN4O3/c1-25(2)10-19(32)21-20(11-25)34-22(29)16(12-28)26(21)15-9-13(27)7-8-18(15)31-23(33)14-5-3-4-6-17(14)30-24(26)31/h3-9H,10-11,29H2,1-2H3. The van der Waals surface area contributed by atoms with Crippen molar-refractivity contribution in [2.45, 2.75) is 32.1 Å². The van der Waals surface area contributed by atoms with Gasteiger partial charge in [0, 0.05) is 23.4 Å². The monoisotopic (exact) mass is 470 g/mol. The van der Waals surface area contributed by atoms with E-state index < -0.39 is 5.41 Å². The van der Waals surface area contributed by atoms with Gasteiger partial charge >= 0.3 is 0 Å². The predicted octanol–water partition coefficient (Wildman–Crippen LogP) is 4.01. The Hall–Kier alpha value is -3.89. The van der Waals surface area contributed by atoms with E-state index in [0.717, 1.165) is 0 Å². The highest BCUT2D eigenvalue weighted by Gasteiger charge is 2.60. The largest absolute Gasteiger partial charge is 0.444 e. The number of rotatable bonds is 0. The van der Waals surface area contributed by atoms with Gasteiger partial charge in [-0.2, -0.15) is 5.26 Å². The van der Waals surface area contributed by atoms with E-state index in [1.807, 2.05) is 13.8 Å². The van der Waals surface area contributed by atoms with Crippen molar-refractivity contribution in [2.24, 2.45) is 11.1 Å². The highest BCUT2D eigenvalue weighted by Crippen LogP contribution is 2.58. The zero-order valence-corrected chi connectivity index (χ0v) is 19.2. The molecule has 3 aliphatic rings. The number of nitrogens with two attached hydrogens (primary N) is 1. The number of Topliss-reactive ketones (excluding diaryl/α,β-unsaturated/α-hetero) is 1. The summed E-state index contributed by atoms with van der Waals surface area (Å²) in [5, 5.41) is 11.1. The van der Waals surface area contributed by atoms with E-state index in [0.29, 0.717) is 44.9 Å². The Balaban J connectivity index is 1.86. The van der Waals surface area contributed by atoms with Crippen LogP contribution in [0.1, 0.15) is 38.1 Å². The molecule has 1 atom stereocenters. The quantitative estimate of drug-likeness (QED) is 0.531. The van der Waals surface area contributed by atoms with Crippen LogP contribution < -0.4 is 11.3 Å². The Kier molecular flexibility index (Phi) is 4.01. The Morgan fingerprint density at radius 3 is 2.71 bits per heavy atom. The molecule has 7 nitrogen and oxygen atoms in total. The maximum Gasteiger partial charge on any atom is 0.266 e. The summed E-state index contributed by atoms with van der Waals surface area (Å²) in [6, 6.07) is 14.2. The molecule has 0 radical (unpaired) electrons. The minimum absolute atomic E-state index is 0.0243. The number of hydrogen-bond donors (Lipinski definition) is 1. The van der Waals surface area contributed by atoms with E-state index >= 15 is 0 Å². The second-order valence-electron chi connectivity index (χ2n) is 9.70. The summed E-state index contributed by atoms with van der Waals surface area (Å²) in [6.07, 6.45) is 0.701. The van der Waals surface area contributed by atoms with Crippen LogP contribution in [-0.4, -0.2) is 15.3 Å². The number of ketones is 1. The molecule has 0 saturated heterocycles. The highest BCUT2D eigenvalue weighted by molar-refractivity contribution is 6.30. The van der Waals surface area contributed by atoms with Gasteiger partial charge in [-0.1, -0.05) is 37.6 Å². The first-order valence-electron chi connectivity index (χ1n) is 10.9. The highest BCUT2D eigenvalue weighted by atomic mass is 35.5. The number of aromatic nitrogens is 2. The molecule has 2 aromatic carbocycles. The molecule has 1 aromatic heterocycles. The number of halogens is 1. The fraction of sp³-hybridized carbons (Fsp3) is 0.231. The van der Waals surface area contributed by atoms with E-state index in [9.17, 15) is 14.9 Å². The van der Waals surface area contributed by atoms with Crippen LogP contribution >= 0.6 is 11.6 Å². The molecule has 34 heavy (non-hydrogen) atoms. The summed E-state index contributed by atoms with van der Waals surface area (Å²) in [4.78, 5) is 32.4. The normalized spacial score (nSPS) is 22.4. The second kappa shape index (κ2) is 6.58. The van der Waals surface area contributed by atoms with Crippen molar-refractivity contribution in [1.29, 1.82) is 5.26 Å². The van der Waals surface area contributed by atoms with E-state index in [1.165, 1.54) is 4.57 Å². The average Bonchev–Trinajstić information content (AvgIpc) is 3.03. The van der Waals surface area contributed by atoms with Gasteiger partial charge in [0.05, 0.1) is 22.2 Å². The van der Waals surface area contributed by atoms with Gasteiger partial charge in [-0.3, -0.25) is 14.2 Å². The average molecular weight is 471 g/mol. The molecule has 1 aliphatic carbocycles. The third-order valence-electron chi connectivity index (χ3n) is 6.89. The zero-order chi connectivity index (χ0) is 24.0. The molecule has 3 aromatic rings. The molecule has 6 rings (SSSR count). The van der Waals surface area contributed by atoms with Gasteiger partial charge in [0.15, 0.2) is 5.78 Å². The zero-order valence-electron chi connectivity index (χ0n) is 18.5. The lowest BCUT2D eigenvalue weighted by molar-refractivity contribution is -0.119. The Bertz CT molecular complexity index is 1640. The van der Waals surface area contributed by atoms with Crippen LogP contribution in [0.5, 0.6) is 0 Å². The van der Waals surface area contributed by atoms with E-state index in [-0.39, 0.29) is 40.5 Å². The number of nitriles is 1. The van der Waals surface area contributed by atoms with Gasteiger partial charge in [-0.05, 0) is 35.7 Å². The van der Waals surface area contributed by atoms with Crippen LogP contribution in [0.3, 0.4) is 0 Å². The van der Waals surface area contributed by atoms with E-state index in [1.54, 1.807) is 42.5 Å². The number of fused-ring (bicyclic) bond motifs is 7. The molecule has 1 unspecified atom stereocenters. The van der Waals surface area contributed by atoms with Gasteiger partial charge in [-0.25, -0.2) is 4.98 Å². The van der Waals surface area contributed by atoms with Crippen LogP contribution in [0.25, 0.3) is 16.6 Å². The van der Waals surface area contributed by atoms with Crippen LogP contribution in [0.15, 0.2) is 70.0 Å². The third kappa shape index (κ3) is 2.44. The van der Waals surface area contributed by atoms with Gasteiger partial charge in [-0.15, -0.1) is 0 Å². The fourth-order valence-electron chi connectivity index (χ4n) is 5.63. The van der Waals surface area contributed by atoms with Crippen LogP contribution in [0.2, 0.25) is 5.02 Å². The predicted molar refractivity (Wildman–Crippen MR) is 126 cm³/mol. The van der Waals surface area contributed by atoms with Gasteiger partial charge in [0.1, 0.15) is 28.6 Å². The summed E-state index contributed by atoms with van der Waals surface area (Å²) in [5.41, 5.74) is 6.00. The fourth-order valence-corrected chi connectivity index (χ4v) is 5.80. The van der Waals surface area contributed by atoms with Gasteiger partial charge in [0.25, 0.3) is 5.56 Å². The molecule has 8 heteroatoms. The maximum atomic E-state index is 13.8. The molecule has 2 N–H and O–H groups in total. The van der Waals surface area contributed by atoms with Crippen molar-refractivity contribution < 1.29 is 9.53 Å². The Morgan fingerprint density at radius 2 is 1.94 bits per heavy atom. The van der Waals surface area contributed by atoms with Crippen molar-refractivity contribution in [2.75, 3.05) is 0 Å². The lowest BCUT2D eigenvalue weighted by Gasteiger charge is -2.42. The van der Waals surface area contributed by atoms with Crippen LogP contribution in [0.4, 0.5) is 0 Å². The van der Waals surface area contributed by atoms with Crippen molar-refractivity contribution in [3.63, 3.8) is 0 Å². The minimum Gasteiger partial charge on any atom is -0.444 e. The van der Waals surface area contributed by atoms with Crippen LogP contribution in [-0.2, 0) is 14.9 Å². The molecule has 3 heterocycles. The summed E-state index contributed by atoms with van der Waals surface area (Å²) in [6.45, 7) is 3.96. The first kappa shape index (κ1) is 20.7. The summed E-state index contributed by atoms with van der Waals surface area (Å²) < 4.78 is 7.38. The number of benzene rings is 2. The molecule has 1 spiro atoms. The SMILES string of the molecule is CC1(C)CC(=O)C2=C(C1)OC(N)=C(C#N)C21c2cc(Cl)ccc2-n2c1nc1ccccc1c2=O. The van der Waals surface area contributed by atoms with Gasteiger partial charge < -0.3 is 10.5 Å². The number of carbonyl (C=O) groups is 1. The number of hydrogen-bond acceptors (Lipinski definition) is 6. The van der Waals surface area contributed by atoms with Crippen molar-refractivity contribution in [3.8, 4) is 11.8 Å². The van der Waals surface area contributed by atoms with Crippen molar-refractivity contribution >= 4 is 28.3 Å². The minimum atomic E-state index is -1.50. The first-order valence-corrected chi connectivity index (χ1v) is 11.2.